The van der Waals surface area contributed by atoms with Crippen LogP contribution in [0, 0.1) is 23.2 Å². The number of hydrogen-bond acceptors (Lipinski definition) is 1. The summed E-state index contributed by atoms with van der Waals surface area (Å²) in [5, 5.41) is 3.83. The Morgan fingerprint density at radius 1 is 1.12 bits per heavy atom. The van der Waals surface area contributed by atoms with Crippen molar-refractivity contribution in [3.05, 3.63) is 0 Å². The average Bonchev–Trinajstić information content (AvgIpc) is 3.19. The van der Waals surface area contributed by atoms with Gasteiger partial charge in [-0.05, 0) is 55.3 Å². The number of nitrogens with one attached hydrogen (secondary N) is 1. The molecule has 0 bridgehead atoms. The Hall–Kier alpha value is -0.0400. The molecule has 1 N–H and O–H groups in total. The van der Waals surface area contributed by atoms with Crippen LogP contribution in [0.5, 0.6) is 0 Å². The van der Waals surface area contributed by atoms with Crippen molar-refractivity contribution in [1.29, 1.82) is 0 Å². The van der Waals surface area contributed by atoms with E-state index in [1.165, 1.54) is 32.2 Å². The fourth-order valence-electron chi connectivity index (χ4n) is 4.35. The second-order valence-corrected chi connectivity index (χ2v) is 6.70. The lowest BCUT2D eigenvalue weighted by atomic mass is 9.69. The van der Waals surface area contributed by atoms with Crippen LogP contribution in [0.2, 0.25) is 0 Å². The zero-order valence-corrected chi connectivity index (χ0v) is 11.0. The maximum absolute atomic E-state index is 3.83. The molecule has 0 aromatic heterocycles. The zero-order chi connectivity index (χ0) is 11.2. The molecule has 0 radical (unpaired) electrons. The second-order valence-electron chi connectivity index (χ2n) is 6.70. The molecule has 0 aromatic carbocycles. The van der Waals surface area contributed by atoms with E-state index in [2.05, 4.69) is 19.2 Å². The first kappa shape index (κ1) is 11.1. The van der Waals surface area contributed by atoms with Crippen molar-refractivity contribution in [2.45, 2.75) is 64.8 Å². The van der Waals surface area contributed by atoms with Gasteiger partial charge in [-0.3, -0.25) is 0 Å². The fourth-order valence-corrected chi connectivity index (χ4v) is 4.35. The summed E-state index contributed by atoms with van der Waals surface area (Å²) in [6.45, 7) is 6.13. The van der Waals surface area contributed by atoms with Crippen molar-refractivity contribution in [3.63, 3.8) is 0 Å². The highest BCUT2D eigenvalue weighted by atomic mass is 15.0. The lowest BCUT2D eigenvalue weighted by molar-refractivity contribution is 0.131. The molecule has 1 nitrogen and oxygen atoms in total. The van der Waals surface area contributed by atoms with Crippen molar-refractivity contribution in [2.24, 2.45) is 23.2 Å². The van der Waals surface area contributed by atoms with Gasteiger partial charge in [0.05, 0.1) is 0 Å². The van der Waals surface area contributed by atoms with Gasteiger partial charge in [0.15, 0.2) is 0 Å². The fraction of sp³-hybridized carbons (Fsp3) is 1.00. The smallest absolute Gasteiger partial charge is 0.00684 e. The molecule has 1 heteroatoms. The Kier molecular flexibility index (Phi) is 2.78. The molecular formula is C15H27N. The molecule has 3 aliphatic rings. The standard InChI is InChI=1S/C15H27N/c1-3-13(4-2)15(10-16-14-5-6-14)8-11-7-12(11)9-15/h11-14,16H,3-10H2,1-2H3. The molecule has 0 amide bonds. The third-order valence-corrected chi connectivity index (χ3v) is 5.58. The van der Waals surface area contributed by atoms with Crippen LogP contribution in [0.4, 0.5) is 0 Å². The predicted octanol–water partition coefficient (Wildman–Crippen LogP) is 3.59. The van der Waals surface area contributed by atoms with E-state index >= 15 is 0 Å². The van der Waals surface area contributed by atoms with Crippen molar-refractivity contribution >= 4 is 0 Å². The van der Waals surface area contributed by atoms with Crippen LogP contribution in [0.25, 0.3) is 0 Å². The monoisotopic (exact) mass is 221 g/mol. The first-order valence-electron chi connectivity index (χ1n) is 7.51. The van der Waals surface area contributed by atoms with E-state index in [-0.39, 0.29) is 0 Å². The van der Waals surface area contributed by atoms with Crippen molar-refractivity contribution in [1.82, 2.24) is 5.32 Å². The van der Waals surface area contributed by atoms with Crippen LogP contribution in [-0.2, 0) is 0 Å². The molecule has 0 spiro atoms. The third-order valence-electron chi connectivity index (χ3n) is 5.58. The molecule has 3 rings (SSSR count). The minimum absolute atomic E-state index is 0.694. The molecule has 0 saturated heterocycles. The molecule has 0 aliphatic heterocycles. The highest BCUT2D eigenvalue weighted by molar-refractivity contribution is 5.06. The lowest BCUT2D eigenvalue weighted by Gasteiger charge is -2.39. The molecule has 16 heavy (non-hydrogen) atoms. The summed E-state index contributed by atoms with van der Waals surface area (Å²) < 4.78 is 0. The van der Waals surface area contributed by atoms with Gasteiger partial charge in [0.25, 0.3) is 0 Å². The molecule has 3 fully saturated rings. The molecule has 2 unspecified atom stereocenters. The van der Waals surface area contributed by atoms with E-state index in [9.17, 15) is 0 Å². The van der Waals surface area contributed by atoms with Gasteiger partial charge in [0.2, 0.25) is 0 Å². The maximum atomic E-state index is 3.83. The van der Waals surface area contributed by atoms with Crippen LogP contribution in [0.15, 0.2) is 0 Å². The minimum atomic E-state index is 0.694. The molecule has 2 atom stereocenters. The van der Waals surface area contributed by atoms with Gasteiger partial charge in [0, 0.05) is 12.6 Å². The Morgan fingerprint density at radius 3 is 2.25 bits per heavy atom. The Bertz CT molecular complexity index is 242. The summed E-state index contributed by atoms with van der Waals surface area (Å²) in [6, 6.07) is 0.892. The topological polar surface area (TPSA) is 12.0 Å². The van der Waals surface area contributed by atoms with Crippen LogP contribution in [0.1, 0.15) is 58.8 Å². The summed E-state index contributed by atoms with van der Waals surface area (Å²) in [7, 11) is 0. The van der Waals surface area contributed by atoms with Crippen LogP contribution >= 0.6 is 0 Å². The molecule has 3 aliphatic carbocycles. The predicted molar refractivity (Wildman–Crippen MR) is 68.4 cm³/mol. The lowest BCUT2D eigenvalue weighted by Crippen LogP contribution is -2.40. The summed E-state index contributed by atoms with van der Waals surface area (Å²) in [6.07, 6.45) is 10.3. The average molecular weight is 221 g/mol. The van der Waals surface area contributed by atoms with Gasteiger partial charge >= 0.3 is 0 Å². The molecule has 3 saturated carbocycles. The second kappa shape index (κ2) is 4.01. The first-order chi connectivity index (χ1) is 7.77. The quantitative estimate of drug-likeness (QED) is 0.723. The van der Waals surface area contributed by atoms with Gasteiger partial charge in [-0.2, -0.15) is 0 Å². The first-order valence-corrected chi connectivity index (χ1v) is 7.51. The molecule has 0 heterocycles. The molecular weight excluding hydrogens is 194 g/mol. The molecule has 92 valence electrons. The van der Waals surface area contributed by atoms with Crippen LogP contribution < -0.4 is 5.32 Å². The van der Waals surface area contributed by atoms with Crippen LogP contribution in [-0.4, -0.2) is 12.6 Å². The van der Waals surface area contributed by atoms with E-state index in [4.69, 9.17) is 0 Å². The van der Waals surface area contributed by atoms with E-state index in [1.807, 2.05) is 0 Å². The Labute approximate surface area is 100 Å². The largest absolute Gasteiger partial charge is 0.313 e. The summed E-state index contributed by atoms with van der Waals surface area (Å²) in [5.41, 5.74) is 0.694. The summed E-state index contributed by atoms with van der Waals surface area (Å²) in [5.74, 6) is 3.23. The maximum Gasteiger partial charge on any atom is 0.00684 e. The number of rotatable bonds is 6. The van der Waals surface area contributed by atoms with E-state index in [1.54, 1.807) is 19.3 Å². The van der Waals surface area contributed by atoms with Gasteiger partial charge in [-0.1, -0.05) is 26.7 Å². The third kappa shape index (κ3) is 1.92. The van der Waals surface area contributed by atoms with Gasteiger partial charge in [-0.25, -0.2) is 0 Å². The Balaban J connectivity index is 1.65. The highest BCUT2D eigenvalue weighted by Crippen LogP contribution is 2.63. The van der Waals surface area contributed by atoms with E-state index < -0.39 is 0 Å². The SMILES string of the molecule is CCC(CC)C1(CNC2CC2)CC2CC2C1. The van der Waals surface area contributed by atoms with Crippen molar-refractivity contribution < 1.29 is 0 Å². The number of hydrogen-bond donors (Lipinski definition) is 1. The van der Waals surface area contributed by atoms with E-state index in [0.717, 1.165) is 23.8 Å². The summed E-state index contributed by atoms with van der Waals surface area (Å²) >= 11 is 0. The zero-order valence-electron chi connectivity index (χ0n) is 11.0. The van der Waals surface area contributed by atoms with Crippen LogP contribution in [0.3, 0.4) is 0 Å². The van der Waals surface area contributed by atoms with Gasteiger partial charge < -0.3 is 5.32 Å². The normalized spacial score (nSPS) is 41.4. The minimum Gasteiger partial charge on any atom is -0.313 e. The van der Waals surface area contributed by atoms with E-state index in [0.29, 0.717) is 5.41 Å². The molecule has 0 aromatic rings. The number of fused-ring (bicyclic) bond motifs is 1. The van der Waals surface area contributed by atoms with Crippen molar-refractivity contribution in [2.75, 3.05) is 6.54 Å². The van der Waals surface area contributed by atoms with Gasteiger partial charge in [-0.15, -0.1) is 0 Å². The Morgan fingerprint density at radius 2 is 1.75 bits per heavy atom. The highest BCUT2D eigenvalue weighted by Gasteiger charge is 2.55. The van der Waals surface area contributed by atoms with Crippen molar-refractivity contribution in [3.8, 4) is 0 Å². The summed E-state index contributed by atoms with van der Waals surface area (Å²) in [4.78, 5) is 0. The van der Waals surface area contributed by atoms with Gasteiger partial charge in [0.1, 0.15) is 0 Å².